The van der Waals surface area contributed by atoms with Crippen molar-refractivity contribution < 1.29 is 4.74 Å². The van der Waals surface area contributed by atoms with Crippen molar-refractivity contribution in [2.24, 2.45) is 0 Å². The number of thiophene rings is 1. The fourth-order valence-electron chi connectivity index (χ4n) is 1.91. The van der Waals surface area contributed by atoms with Gasteiger partial charge in [0.1, 0.15) is 18.2 Å². The third-order valence-corrected chi connectivity index (χ3v) is 4.05. The SMILES string of the molecule is CCOCc1nc(NC)cc(N(C)CCc2cccs2)n1. The van der Waals surface area contributed by atoms with Crippen molar-refractivity contribution in [3.63, 3.8) is 0 Å². The summed E-state index contributed by atoms with van der Waals surface area (Å²) in [6.07, 6.45) is 1.02. The van der Waals surface area contributed by atoms with Crippen molar-refractivity contribution >= 4 is 23.0 Å². The van der Waals surface area contributed by atoms with Crippen molar-refractivity contribution in [2.45, 2.75) is 20.0 Å². The van der Waals surface area contributed by atoms with E-state index in [1.807, 2.05) is 20.0 Å². The van der Waals surface area contributed by atoms with E-state index in [0.29, 0.717) is 19.0 Å². The molecule has 0 spiro atoms. The molecule has 5 nitrogen and oxygen atoms in total. The van der Waals surface area contributed by atoms with Crippen molar-refractivity contribution in [3.8, 4) is 0 Å². The second-order valence-electron chi connectivity index (χ2n) is 4.67. The van der Waals surface area contributed by atoms with Crippen LogP contribution in [0.4, 0.5) is 11.6 Å². The van der Waals surface area contributed by atoms with E-state index in [2.05, 4.69) is 44.7 Å². The average molecular weight is 306 g/mol. The molecule has 0 saturated heterocycles. The molecule has 2 aromatic heterocycles. The summed E-state index contributed by atoms with van der Waals surface area (Å²) in [5.74, 6) is 2.44. The zero-order valence-corrected chi connectivity index (χ0v) is 13.6. The minimum atomic E-state index is 0.442. The lowest BCUT2D eigenvalue weighted by Gasteiger charge is -2.19. The van der Waals surface area contributed by atoms with Crippen molar-refractivity contribution in [2.75, 3.05) is 37.5 Å². The van der Waals surface area contributed by atoms with Gasteiger partial charge in [0.05, 0.1) is 0 Å². The van der Waals surface area contributed by atoms with Gasteiger partial charge in [-0.1, -0.05) is 6.07 Å². The van der Waals surface area contributed by atoms with Gasteiger partial charge < -0.3 is 15.0 Å². The highest BCUT2D eigenvalue weighted by Crippen LogP contribution is 2.16. The molecule has 1 N–H and O–H groups in total. The topological polar surface area (TPSA) is 50.3 Å². The van der Waals surface area contributed by atoms with Crippen molar-refractivity contribution in [1.29, 1.82) is 0 Å². The number of likely N-dealkylation sites (N-methyl/N-ethyl adjacent to an activating group) is 1. The largest absolute Gasteiger partial charge is 0.374 e. The van der Waals surface area contributed by atoms with Crippen LogP contribution in [0.25, 0.3) is 0 Å². The second kappa shape index (κ2) is 7.95. The van der Waals surface area contributed by atoms with E-state index in [0.717, 1.165) is 24.6 Å². The lowest BCUT2D eigenvalue weighted by molar-refractivity contribution is 0.128. The normalized spacial score (nSPS) is 10.6. The molecule has 0 aliphatic heterocycles. The number of rotatable bonds is 8. The molecule has 2 aromatic rings. The van der Waals surface area contributed by atoms with Crippen molar-refractivity contribution in [1.82, 2.24) is 9.97 Å². The first kappa shape index (κ1) is 15.7. The quantitative estimate of drug-likeness (QED) is 0.813. The zero-order valence-electron chi connectivity index (χ0n) is 12.8. The number of hydrogen-bond donors (Lipinski definition) is 1. The van der Waals surface area contributed by atoms with E-state index in [4.69, 9.17) is 4.74 Å². The summed E-state index contributed by atoms with van der Waals surface area (Å²) in [5, 5.41) is 5.19. The van der Waals surface area contributed by atoms with Gasteiger partial charge in [-0.2, -0.15) is 0 Å². The van der Waals surface area contributed by atoms with Crippen LogP contribution in [0.15, 0.2) is 23.6 Å². The van der Waals surface area contributed by atoms with E-state index in [1.54, 1.807) is 11.3 Å². The summed E-state index contributed by atoms with van der Waals surface area (Å²) >= 11 is 1.79. The first-order valence-electron chi connectivity index (χ1n) is 7.10. The maximum Gasteiger partial charge on any atom is 0.158 e. The summed E-state index contributed by atoms with van der Waals surface area (Å²) in [4.78, 5) is 12.5. The summed E-state index contributed by atoms with van der Waals surface area (Å²) < 4.78 is 5.40. The van der Waals surface area contributed by atoms with E-state index < -0.39 is 0 Å². The summed E-state index contributed by atoms with van der Waals surface area (Å²) in [5.41, 5.74) is 0. The van der Waals surface area contributed by atoms with Gasteiger partial charge in [0.25, 0.3) is 0 Å². The first-order chi connectivity index (χ1) is 10.2. The minimum absolute atomic E-state index is 0.442. The van der Waals surface area contributed by atoms with Crippen LogP contribution in [0.1, 0.15) is 17.6 Å². The van der Waals surface area contributed by atoms with Gasteiger partial charge in [0.2, 0.25) is 0 Å². The Kier molecular flexibility index (Phi) is 5.95. The lowest BCUT2D eigenvalue weighted by atomic mass is 10.3. The van der Waals surface area contributed by atoms with Gasteiger partial charge in [-0.15, -0.1) is 11.3 Å². The summed E-state index contributed by atoms with van der Waals surface area (Å²) in [7, 11) is 3.92. The predicted molar refractivity (Wildman–Crippen MR) is 88.2 cm³/mol. The summed E-state index contributed by atoms with van der Waals surface area (Å²) in [6, 6.07) is 6.21. The summed E-state index contributed by atoms with van der Waals surface area (Å²) in [6.45, 7) is 4.00. The van der Waals surface area contributed by atoms with E-state index in [-0.39, 0.29) is 0 Å². The fraction of sp³-hybridized carbons (Fsp3) is 0.467. The maximum atomic E-state index is 5.40. The lowest BCUT2D eigenvalue weighted by Crippen LogP contribution is -2.22. The van der Waals surface area contributed by atoms with Crippen LogP contribution in [-0.2, 0) is 17.8 Å². The molecule has 0 amide bonds. The van der Waals surface area contributed by atoms with Gasteiger partial charge in [0, 0.05) is 38.2 Å². The smallest absolute Gasteiger partial charge is 0.158 e. The number of hydrogen-bond acceptors (Lipinski definition) is 6. The Morgan fingerprint density at radius 2 is 2.24 bits per heavy atom. The Hall–Kier alpha value is -1.66. The highest BCUT2D eigenvalue weighted by molar-refractivity contribution is 7.09. The molecule has 0 aliphatic rings. The molecule has 114 valence electrons. The van der Waals surface area contributed by atoms with Gasteiger partial charge in [-0.3, -0.25) is 0 Å². The fourth-order valence-corrected chi connectivity index (χ4v) is 2.61. The molecule has 0 radical (unpaired) electrons. The van der Waals surface area contributed by atoms with Crippen LogP contribution < -0.4 is 10.2 Å². The Morgan fingerprint density at radius 3 is 2.90 bits per heavy atom. The monoisotopic (exact) mass is 306 g/mol. The number of aromatic nitrogens is 2. The first-order valence-corrected chi connectivity index (χ1v) is 7.98. The molecule has 0 saturated carbocycles. The Bertz CT molecular complexity index is 545. The molecular formula is C15H22N4OS. The van der Waals surface area contributed by atoms with Gasteiger partial charge in [-0.25, -0.2) is 9.97 Å². The molecule has 0 fully saturated rings. The standard InChI is InChI=1S/C15H22N4OS/c1-4-20-11-14-17-13(16-2)10-15(18-14)19(3)8-7-12-6-5-9-21-12/h5-6,9-10H,4,7-8,11H2,1-3H3,(H,16,17,18). The number of anilines is 2. The van der Waals surface area contributed by atoms with Crippen LogP contribution >= 0.6 is 11.3 Å². The third kappa shape index (κ3) is 4.68. The van der Waals surface area contributed by atoms with Crippen LogP contribution in [0, 0.1) is 0 Å². The van der Waals surface area contributed by atoms with E-state index >= 15 is 0 Å². The Balaban J connectivity index is 2.05. The van der Waals surface area contributed by atoms with E-state index in [1.165, 1.54) is 4.88 Å². The molecule has 0 bridgehead atoms. The number of ether oxygens (including phenoxy) is 1. The van der Waals surface area contributed by atoms with Gasteiger partial charge >= 0.3 is 0 Å². The molecular weight excluding hydrogens is 284 g/mol. The minimum Gasteiger partial charge on any atom is -0.374 e. The van der Waals surface area contributed by atoms with Crippen LogP contribution in [-0.4, -0.2) is 37.2 Å². The van der Waals surface area contributed by atoms with Gasteiger partial charge in [0.15, 0.2) is 5.82 Å². The Morgan fingerprint density at radius 1 is 1.38 bits per heavy atom. The number of nitrogens with one attached hydrogen (secondary N) is 1. The molecule has 21 heavy (non-hydrogen) atoms. The molecule has 0 aromatic carbocycles. The molecule has 2 rings (SSSR count). The highest BCUT2D eigenvalue weighted by atomic mass is 32.1. The molecule has 0 aliphatic carbocycles. The van der Waals surface area contributed by atoms with Crippen LogP contribution in [0.2, 0.25) is 0 Å². The molecule has 6 heteroatoms. The van der Waals surface area contributed by atoms with Crippen molar-refractivity contribution in [3.05, 3.63) is 34.3 Å². The Labute approximate surface area is 130 Å². The van der Waals surface area contributed by atoms with Gasteiger partial charge in [-0.05, 0) is 24.8 Å². The van der Waals surface area contributed by atoms with Crippen LogP contribution in [0.3, 0.4) is 0 Å². The molecule has 2 heterocycles. The number of nitrogens with zero attached hydrogens (tertiary/aromatic N) is 3. The van der Waals surface area contributed by atoms with E-state index in [9.17, 15) is 0 Å². The van der Waals surface area contributed by atoms with Crippen LogP contribution in [0.5, 0.6) is 0 Å². The second-order valence-corrected chi connectivity index (χ2v) is 5.70. The predicted octanol–water partition coefficient (Wildman–Crippen LogP) is 2.80. The third-order valence-electron chi connectivity index (χ3n) is 3.12. The average Bonchev–Trinajstić information content (AvgIpc) is 3.03. The molecule has 0 unspecified atom stereocenters. The zero-order chi connectivity index (χ0) is 15.1. The molecule has 0 atom stereocenters. The maximum absolute atomic E-state index is 5.40. The highest BCUT2D eigenvalue weighted by Gasteiger charge is 2.08.